The number of hydrogen-bond acceptors (Lipinski definition) is 3. The van der Waals surface area contributed by atoms with E-state index in [4.69, 9.17) is 15.1 Å². The summed E-state index contributed by atoms with van der Waals surface area (Å²) in [5, 5.41) is 18.4. The largest absolute Gasteiger partial charge is 0.478 e. The zero-order chi connectivity index (χ0) is 11.5. The Morgan fingerprint density at radius 2 is 2.19 bits per heavy atom. The highest BCUT2D eigenvalue weighted by Gasteiger charge is 2.07. The minimum Gasteiger partial charge on any atom is -0.478 e. The number of aliphatic hydroxyl groups excluding tert-OH is 1. The smallest absolute Gasteiger partial charge is 0.335 e. The monoisotopic (exact) mass is 221 g/mol. The van der Waals surface area contributed by atoms with E-state index in [1.54, 1.807) is 18.3 Å². The van der Waals surface area contributed by atoms with E-state index in [0.29, 0.717) is 5.52 Å². The maximum atomic E-state index is 10.8. The summed E-state index contributed by atoms with van der Waals surface area (Å²) in [6.07, 6.45) is 1.69. The van der Waals surface area contributed by atoms with Crippen molar-refractivity contribution < 1.29 is 19.8 Å². The third kappa shape index (κ3) is 1.85. The van der Waals surface area contributed by atoms with Gasteiger partial charge in [-0.15, -0.1) is 0 Å². The third-order valence-electron chi connectivity index (χ3n) is 2.23. The molecule has 0 aliphatic carbocycles. The number of aromatic nitrogens is 1. The van der Waals surface area contributed by atoms with Gasteiger partial charge in [-0.05, 0) is 18.2 Å². The van der Waals surface area contributed by atoms with Crippen LogP contribution in [-0.2, 0) is 0 Å². The lowest BCUT2D eigenvalue weighted by molar-refractivity contribution is 0.0696. The lowest BCUT2D eigenvalue weighted by Crippen LogP contribution is -2.14. The first kappa shape index (κ1) is 10.5. The van der Waals surface area contributed by atoms with Gasteiger partial charge in [0, 0.05) is 11.6 Å². The van der Waals surface area contributed by atoms with Crippen LogP contribution in [0.25, 0.3) is 10.9 Å². The fraction of sp³-hybridized carbons (Fsp3) is 0.182. The summed E-state index contributed by atoms with van der Waals surface area (Å²) in [5.74, 6) is -0.975. The number of nitrogens with zero attached hydrogens (tertiary/aromatic N) is 1. The van der Waals surface area contributed by atoms with Crippen LogP contribution in [0.5, 0.6) is 0 Å². The van der Waals surface area contributed by atoms with E-state index >= 15 is 0 Å². The van der Waals surface area contributed by atoms with Crippen LogP contribution in [0, 0.1) is 0 Å². The van der Waals surface area contributed by atoms with Crippen molar-refractivity contribution >= 4 is 16.9 Å². The number of fused-ring (bicyclic) bond motifs is 1. The zero-order valence-corrected chi connectivity index (χ0v) is 8.46. The molecule has 1 aromatic carbocycles. The first-order chi connectivity index (χ1) is 7.72. The Kier molecular flexibility index (Phi) is 2.78. The molecule has 0 unspecified atom stereocenters. The van der Waals surface area contributed by atoms with Gasteiger partial charge in [0.2, 0.25) is 0 Å². The molecule has 84 valence electrons. The van der Waals surface area contributed by atoms with Crippen molar-refractivity contribution in [1.29, 1.82) is 0 Å². The highest BCUT2D eigenvalue weighted by atomic mass is 16.7. The Hall–Kier alpha value is -2.01. The van der Waals surface area contributed by atoms with Crippen LogP contribution in [0.15, 0.2) is 30.5 Å². The van der Waals surface area contributed by atoms with E-state index in [9.17, 15) is 4.79 Å². The molecule has 2 aromatic rings. The Bertz CT molecular complexity index is 518. The summed E-state index contributed by atoms with van der Waals surface area (Å²) in [5.41, 5.74) is 0.883. The Morgan fingerprint density at radius 1 is 1.38 bits per heavy atom. The Balaban J connectivity index is 2.43. The molecule has 0 spiro atoms. The summed E-state index contributed by atoms with van der Waals surface area (Å²) in [7, 11) is 0. The molecule has 2 rings (SSSR count). The highest BCUT2D eigenvalue weighted by molar-refractivity contribution is 5.93. The van der Waals surface area contributed by atoms with Crippen molar-refractivity contribution in [3.63, 3.8) is 0 Å². The van der Waals surface area contributed by atoms with Gasteiger partial charge in [0.05, 0.1) is 17.7 Å². The van der Waals surface area contributed by atoms with Gasteiger partial charge in [-0.3, -0.25) is 0 Å². The molecule has 0 radical (unpaired) electrons. The zero-order valence-electron chi connectivity index (χ0n) is 8.46. The molecule has 0 atom stereocenters. The second-order valence-electron chi connectivity index (χ2n) is 3.28. The number of benzene rings is 1. The summed E-state index contributed by atoms with van der Waals surface area (Å²) in [6.45, 7) is 0.0827. The molecule has 0 fully saturated rings. The average Bonchev–Trinajstić information content (AvgIpc) is 2.68. The van der Waals surface area contributed by atoms with Crippen LogP contribution in [0.1, 0.15) is 10.4 Å². The molecule has 0 aliphatic rings. The molecule has 0 amide bonds. The number of carboxylic acids is 1. The molecular weight excluding hydrogens is 210 g/mol. The van der Waals surface area contributed by atoms with Gasteiger partial charge < -0.3 is 15.1 Å². The predicted octanol–water partition coefficient (Wildman–Crippen LogP) is 0.760. The number of hydrogen-bond donors (Lipinski definition) is 2. The maximum absolute atomic E-state index is 10.8. The van der Waals surface area contributed by atoms with Crippen LogP contribution in [0.4, 0.5) is 0 Å². The van der Waals surface area contributed by atoms with Crippen LogP contribution in [0.2, 0.25) is 0 Å². The van der Waals surface area contributed by atoms with Gasteiger partial charge in [-0.2, -0.15) is 4.73 Å². The first-order valence-corrected chi connectivity index (χ1v) is 4.81. The maximum Gasteiger partial charge on any atom is 0.335 e. The van der Waals surface area contributed by atoms with E-state index < -0.39 is 5.97 Å². The lowest BCUT2D eigenvalue weighted by Gasteiger charge is -2.06. The molecule has 16 heavy (non-hydrogen) atoms. The summed E-state index contributed by atoms with van der Waals surface area (Å²) in [6, 6.07) is 6.62. The summed E-state index contributed by atoms with van der Waals surface area (Å²) < 4.78 is 1.46. The number of aliphatic hydroxyl groups is 1. The molecule has 0 aliphatic heterocycles. The van der Waals surface area contributed by atoms with Crippen molar-refractivity contribution in [2.45, 2.75) is 0 Å². The molecule has 0 saturated heterocycles. The molecule has 0 bridgehead atoms. The van der Waals surface area contributed by atoms with Crippen LogP contribution in [0.3, 0.4) is 0 Å². The fourth-order valence-corrected chi connectivity index (χ4v) is 1.49. The SMILES string of the molecule is O=C(O)c1ccc2ccn(OCCO)c2c1. The molecule has 0 saturated carbocycles. The van der Waals surface area contributed by atoms with E-state index in [-0.39, 0.29) is 18.8 Å². The van der Waals surface area contributed by atoms with E-state index in [1.165, 1.54) is 10.8 Å². The van der Waals surface area contributed by atoms with Crippen LogP contribution in [-0.4, -0.2) is 34.1 Å². The van der Waals surface area contributed by atoms with Gasteiger partial charge in [0.15, 0.2) is 0 Å². The van der Waals surface area contributed by atoms with Gasteiger partial charge >= 0.3 is 5.97 Å². The number of carbonyl (C=O) groups is 1. The second-order valence-corrected chi connectivity index (χ2v) is 3.28. The van der Waals surface area contributed by atoms with Gasteiger partial charge in [0.25, 0.3) is 0 Å². The number of carboxylic acid groups (broad SMARTS) is 1. The second kappa shape index (κ2) is 4.24. The van der Waals surface area contributed by atoms with E-state index in [0.717, 1.165) is 5.39 Å². The normalized spacial score (nSPS) is 10.6. The molecule has 1 aromatic heterocycles. The Morgan fingerprint density at radius 3 is 2.88 bits per heavy atom. The van der Waals surface area contributed by atoms with Crippen LogP contribution < -0.4 is 4.84 Å². The number of aromatic carboxylic acids is 1. The Labute approximate surface area is 91.4 Å². The first-order valence-electron chi connectivity index (χ1n) is 4.81. The highest BCUT2D eigenvalue weighted by Crippen LogP contribution is 2.16. The molecule has 1 heterocycles. The minimum absolute atomic E-state index is 0.0850. The van der Waals surface area contributed by atoms with Crippen LogP contribution >= 0.6 is 0 Å². The summed E-state index contributed by atoms with van der Waals surface area (Å²) in [4.78, 5) is 16.0. The molecule has 5 nitrogen and oxygen atoms in total. The molecular formula is C11H11NO4. The quantitative estimate of drug-likeness (QED) is 0.799. The minimum atomic E-state index is -0.975. The van der Waals surface area contributed by atoms with Gasteiger partial charge in [-0.25, -0.2) is 4.79 Å². The van der Waals surface area contributed by atoms with Crippen molar-refractivity contribution in [1.82, 2.24) is 4.73 Å². The third-order valence-corrected chi connectivity index (χ3v) is 2.23. The van der Waals surface area contributed by atoms with Crippen molar-refractivity contribution in [2.24, 2.45) is 0 Å². The standard InChI is InChI=1S/C11H11NO4/c13-5-6-16-12-4-3-8-1-2-9(11(14)15)7-10(8)12/h1-4,7,13H,5-6H2,(H,14,15). The lowest BCUT2D eigenvalue weighted by atomic mass is 10.2. The molecule has 5 heteroatoms. The van der Waals surface area contributed by atoms with Gasteiger partial charge in [0.1, 0.15) is 6.61 Å². The van der Waals surface area contributed by atoms with Gasteiger partial charge in [-0.1, -0.05) is 6.07 Å². The fourth-order valence-electron chi connectivity index (χ4n) is 1.49. The average molecular weight is 221 g/mol. The van der Waals surface area contributed by atoms with Crippen molar-refractivity contribution in [3.8, 4) is 0 Å². The van der Waals surface area contributed by atoms with Crippen molar-refractivity contribution in [3.05, 3.63) is 36.0 Å². The predicted molar refractivity (Wildman–Crippen MR) is 57.4 cm³/mol. The number of rotatable bonds is 4. The van der Waals surface area contributed by atoms with E-state index in [2.05, 4.69) is 0 Å². The topological polar surface area (TPSA) is 71.7 Å². The van der Waals surface area contributed by atoms with E-state index in [1.807, 2.05) is 6.07 Å². The molecule has 2 N–H and O–H groups in total. The summed E-state index contributed by atoms with van der Waals surface area (Å²) >= 11 is 0. The van der Waals surface area contributed by atoms with Crippen molar-refractivity contribution in [2.75, 3.05) is 13.2 Å².